The van der Waals surface area contributed by atoms with E-state index in [4.69, 9.17) is 22.3 Å². The van der Waals surface area contributed by atoms with Crippen LogP contribution in [0.25, 0.3) is 0 Å². The molecule has 0 unspecified atom stereocenters. The quantitative estimate of drug-likeness (QED) is 0.395. The summed E-state index contributed by atoms with van der Waals surface area (Å²) in [6, 6.07) is 0. The van der Waals surface area contributed by atoms with Crippen LogP contribution in [0.3, 0.4) is 0 Å². The molecular formula is C5H13Cl2N4. The van der Waals surface area contributed by atoms with Gasteiger partial charge in [-0.15, -0.1) is 24.8 Å². The van der Waals surface area contributed by atoms with E-state index in [-0.39, 0.29) is 36.5 Å². The predicted molar refractivity (Wildman–Crippen MR) is 51.8 cm³/mol. The Morgan fingerprint density at radius 3 is 1.45 bits per heavy atom. The summed E-state index contributed by atoms with van der Waals surface area (Å²) < 4.78 is 0. The second kappa shape index (κ2) is 7.63. The summed E-state index contributed by atoms with van der Waals surface area (Å²) >= 11 is 0. The van der Waals surface area contributed by atoms with E-state index in [1.807, 2.05) is 0 Å². The van der Waals surface area contributed by atoms with Crippen molar-refractivity contribution in [3.8, 4) is 0 Å². The molecule has 0 saturated heterocycles. The summed E-state index contributed by atoms with van der Waals surface area (Å²) in [5.41, 5.74) is 10.1. The molecule has 1 radical (unpaired) electrons. The van der Waals surface area contributed by atoms with E-state index in [9.17, 15) is 0 Å². The number of amidine groups is 2. The van der Waals surface area contributed by atoms with Crippen molar-refractivity contribution in [2.45, 2.75) is 6.42 Å². The second-order valence-electron chi connectivity index (χ2n) is 1.75. The van der Waals surface area contributed by atoms with Gasteiger partial charge in [-0.1, -0.05) is 6.92 Å². The Kier molecular flexibility index (Phi) is 11.7. The van der Waals surface area contributed by atoms with Gasteiger partial charge in [0.15, 0.2) is 0 Å². The zero-order valence-electron chi connectivity index (χ0n) is 5.96. The van der Waals surface area contributed by atoms with Gasteiger partial charge in [0.25, 0.3) is 0 Å². The topological polar surface area (TPSA) is 99.7 Å². The monoisotopic (exact) mass is 199 g/mol. The van der Waals surface area contributed by atoms with Gasteiger partial charge in [-0.05, 0) is 6.42 Å². The summed E-state index contributed by atoms with van der Waals surface area (Å²) in [4.78, 5) is 0. The zero-order chi connectivity index (χ0) is 7.44. The van der Waals surface area contributed by atoms with Gasteiger partial charge in [-0.2, -0.15) is 0 Å². The standard InChI is InChI=1S/C5H11N4.2ClH/c1-2-3(4(6)7)5(8)9;;/h3H,1-2H2,(H3,6,7)(H3,8,9);2*1H. The molecule has 0 aliphatic heterocycles. The van der Waals surface area contributed by atoms with Crippen LogP contribution in [0.5, 0.6) is 0 Å². The second-order valence-corrected chi connectivity index (χ2v) is 1.75. The van der Waals surface area contributed by atoms with E-state index in [0.29, 0.717) is 6.42 Å². The molecule has 11 heavy (non-hydrogen) atoms. The summed E-state index contributed by atoms with van der Waals surface area (Å²) in [6.07, 6.45) is 0.380. The third-order valence-corrected chi connectivity index (χ3v) is 1.04. The molecule has 0 aromatic rings. The third kappa shape index (κ3) is 5.94. The maximum Gasteiger partial charge on any atom is 0.101 e. The van der Waals surface area contributed by atoms with E-state index in [2.05, 4.69) is 6.92 Å². The lowest BCUT2D eigenvalue weighted by molar-refractivity contribution is 0.887. The molecule has 0 heterocycles. The highest BCUT2D eigenvalue weighted by molar-refractivity contribution is 6.01. The van der Waals surface area contributed by atoms with Crippen molar-refractivity contribution in [3.05, 3.63) is 6.92 Å². The summed E-state index contributed by atoms with van der Waals surface area (Å²) in [5, 5.41) is 13.8. The molecule has 67 valence electrons. The first kappa shape index (κ1) is 16.9. The first-order valence-corrected chi connectivity index (χ1v) is 2.56. The third-order valence-electron chi connectivity index (χ3n) is 1.04. The molecule has 0 aromatic carbocycles. The normalized spacial score (nSPS) is 10.3. The molecule has 0 amide bonds. The Morgan fingerprint density at radius 1 is 1.18 bits per heavy atom. The fourth-order valence-corrected chi connectivity index (χ4v) is 0.479. The van der Waals surface area contributed by atoms with E-state index in [1.54, 1.807) is 0 Å². The van der Waals surface area contributed by atoms with Crippen LogP contribution < -0.4 is 11.5 Å². The van der Waals surface area contributed by atoms with Crippen LogP contribution in [-0.4, -0.2) is 11.7 Å². The van der Waals surface area contributed by atoms with Crippen molar-refractivity contribution in [1.82, 2.24) is 0 Å². The number of hydrogen-bond acceptors (Lipinski definition) is 2. The molecule has 0 rings (SSSR count). The van der Waals surface area contributed by atoms with Crippen LogP contribution >= 0.6 is 24.8 Å². The molecule has 6 N–H and O–H groups in total. The zero-order valence-corrected chi connectivity index (χ0v) is 7.60. The van der Waals surface area contributed by atoms with E-state index in [0.717, 1.165) is 0 Å². The number of rotatable bonds is 3. The van der Waals surface area contributed by atoms with Crippen molar-refractivity contribution in [2.75, 3.05) is 0 Å². The SMILES string of the molecule is Cl.Cl.[CH2]CC(C(=N)N)C(=N)N. The van der Waals surface area contributed by atoms with Gasteiger partial charge in [-0.25, -0.2) is 0 Å². The minimum atomic E-state index is -0.468. The first-order chi connectivity index (χ1) is 4.09. The maximum absolute atomic E-state index is 6.90. The molecule has 0 spiro atoms. The van der Waals surface area contributed by atoms with Crippen molar-refractivity contribution in [2.24, 2.45) is 17.4 Å². The molecule has 0 aliphatic rings. The first-order valence-electron chi connectivity index (χ1n) is 2.56. The molecule has 0 bridgehead atoms. The predicted octanol–water partition coefficient (Wildman–Crippen LogP) is 0.542. The van der Waals surface area contributed by atoms with Gasteiger partial charge < -0.3 is 11.5 Å². The lowest BCUT2D eigenvalue weighted by atomic mass is 10.1. The van der Waals surface area contributed by atoms with Crippen LogP contribution in [0.15, 0.2) is 0 Å². The van der Waals surface area contributed by atoms with Crippen LogP contribution in [-0.2, 0) is 0 Å². The molecule has 0 aromatic heterocycles. The Hall–Kier alpha value is -0.480. The van der Waals surface area contributed by atoms with Crippen LogP contribution in [0.4, 0.5) is 0 Å². The van der Waals surface area contributed by atoms with Crippen molar-refractivity contribution in [1.29, 1.82) is 10.8 Å². The minimum Gasteiger partial charge on any atom is -0.387 e. The van der Waals surface area contributed by atoms with E-state index >= 15 is 0 Å². The Balaban J connectivity index is -0.000000320. The molecule has 4 nitrogen and oxygen atoms in total. The lowest BCUT2D eigenvalue weighted by Crippen LogP contribution is -2.33. The Bertz CT molecular complexity index is 122. The number of halogens is 2. The van der Waals surface area contributed by atoms with Gasteiger partial charge >= 0.3 is 0 Å². The summed E-state index contributed by atoms with van der Waals surface area (Å²) in [7, 11) is 0. The molecule has 6 heteroatoms. The highest BCUT2D eigenvalue weighted by atomic mass is 35.5. The van der Waals surface area contributed by atoms with Gasteiger partial charge in [0.1, 0.15) is 11.7 Å². The summed E-state index contributed by atoms with van der Waals surface area (Å²) in [5.74, 6) is -0.639. The molecule has 0 aliphatic carbocycles. The van der Waals surface area contributed by atoms with Gasteiger partial charge in [0.2, 0.25) is 0 Å². The van der Waals surface area contributed by atoms with Gasteiger partial charge in [0.05, 0.1) is 5.92 Å². The van der Waals surface area contributed by atoms with E-state index < -0.39 is 5.92 Å². The highest BCUT2D eigenvalue weighted by Crippen LogP contribution is 1.98. The molecule has 0 fully saturated rings. The van der Waals surface area contributed by atoms with E-state index in [1.165, 1.54) is 0 Å². The molecule has 0 atom stereocenters. The fourth-order valence-electron chi connectivity index (χ4n) is 0.479. The van der Waals surface area contributed by atoms with Crippen LogP contribution in [0.2, 0.25) is 0 Å². The van der Waals surface area contributed by atoms with Crippen molar-refractivity contribution < 1.29 is 0 Å². The molecular weight excluding hydrogens is 187 g/mol. The van der Waals surface area contributed by atoms with Crippen molar-refractivity contribution in [3.63, 3.8) is 0 Å². The maximum atomic E-state index is 6.90. The smallest absolute Gasteiger partial charge is 0.101 e. The largest absolute Gasteiger partial charge is 0.387 e. The number of nitrogens with one attached hydrogen (secondary N) is 2. The summed E-state index contributed by atoms with van der Waals surface area (Å²) in [6.45, 7) is 3.49. The van der Waals surface area contributed by atoms with Crippen LogP contribution in [0, 0.1) is 23.7 Å². The van der Waals surface area contributed by atoms with Crippen molar-refractivity contribution >= 4 is 36.5 Å². The average Bonchev–Trinajstić information content (AvgIpc) is 1.64. The van der Waals surface area contributed by atoms with Gasteiger partial charge in [0, 0.05) is 0 Å². The molecule has 0 saturated carbocycles. The number of nitrogens with two attached hydrogens (primary N) is 2. The lowest BCUT2D eigenvalue weighted by Gasteiger charge is -2.08. The number of hydrogen-bond donors (Lipinski definition) is 4. The highest BCUT2D eigenvalue weighted by Gasteiger charge is 2.11. The van der Waals surface area contributed by atoms with Gasteiger partial charge in [-0.3, -0.25) is 10.8 Å². The minimum absolute atomic E-state index is 0. The Labute approximate surface area is 78.6 Å². The average molecular weight is 200 g/mol. The Morgan fingerprint density at radius 2 is 1.45 bits per heavy atom. The van der Waals surface area contributed by atoms with Crippen LogP contribution in [0.1, 0.15) is 6.42 Å². The fraction of sp³-hybridized carbons (Fsp3) is 0.400.